The number of benzene rings is 1. The van der Waals surface area contributed by atoms with E-state index in [1.54, 1.807) is 0 Å². The second-order valence-electron chi connectivity index (χ2n) is 5.87. The molecule has 0 spiro atoms. The molecule has 3 heterocycles. The topological polar surface area (TPSA) is 54.0 Å². The maximum Gasteiger partial charge on any atom is 0.223 e. The largest absolute Gasteiger partial charge is 0.477 e. The standard InChI is InChI=1S/C18H18N4O.C2H6/c1-22(2)17-6-5-16-15-4-3-12(14-10-19-20-11-14)9-13(15)7-8-23-18(16)21-17;1-2/h3-6,9-11H,7-8H2,1-2H3,(H,19,20);1-2H3. The fourth-order valence-electron chi connectivity index (χ4n) is 2.90. The van der Waals surface area contributed by atoms with Crippen molar-refractivity contribution < 1.29 is 4.74 Å². The van der Waals surface area contributed by atoms with Crippen LogP contribution in [0.15, 0.2) is 42.7 Å². The minimum absolute atomic E-state index is 0.638. The highest BCUT2D eigenvalue weighted by Gasteiger charge is 2.18. The van der Waals surface area contributed by atoms with Gasteiger partial charge in [-0.2, -0.15) is 10.1 Å². The molecule has 1 aliphatic heterocycles. The highest BCUT2D eigenvalue weighted by Crippen LogP contribution is 2.37. The maximum atomic E-state index is 5.90. The summed E-state index contributed by atoms with van der Waals surface area (Å²) in [6.07, 6.45) is 4.62. The molecule has 5 nitrogen and oxygen atoms in total. The minimum atomic E-state index is 0.638. The summed E-state index contributed by atoms with van der Waals surface area (Å²) in [5, 5.41) is 6.89. The van der Waals surface area contributed by atoms with E-state index in [1.807, 2.05) is 51.3 Å². The summed E-state index contributed by atoms with van der Waals surface area (Å²) in [4.78, 5) is 6.62. The van der Waals surface area contributed by atoms with Gasteiger partial charge in [-0.25, -0.2) is 0 Å². The SMILES string of the molecule is CC.CN(C)c1ccc2c(n1)OCCc1cc(-c3cn[nH]c3)ccc1-2. The van der Waals surface area contributed by atoms with Crippen LogP contribution in [0, 0.1) is 0 Å². The number of hydrogen-bond acceptors (Lipinski definition) is 4. The molecule has 0 unspecified atom stereocenters. The lowest BCUT2D eigenvalue weighted by molar-refractivity contribution is 0.314. The maximum absolute atomic E-state index is 5.90. The van der Waals surface area contributed by atoms with Crippen LogP contribution in [-0.4, -0.2) is 35.9 Å². The summed E-state index contributed by atoms with van der Waals surface area (Å²) in [5.74, 6) is 1.62. The number of rotatable bonds is 2. The normalized spacial score (nSPS) is 12.0. The van der Waals surface area contributed by atoms with E-state index in [9.17, 15) is 0 Å². The number of fused-ring (bicyclic) bond motifs is 3. The highest BCUT2D eigenvalue weighted by molar-refractivity contribution is 5.77. The van der Waals surface area contributed by atoms with Crippen molar-refractivity contribution in [3.63, 3.8) is 0 Å². The molecule has 25 heavy (non-hydrogen) atoms. The van der Waals surface area contributed by atoms with Crippen LogP contribution in [-0.2, 0) is 6.42 Å². The van der Waals surface area contributed by atoms with Gasteiger partial charge in [-0.15, -0.1) is 0 Å². The number of ether oxygens (including phenoxy) is 1. The number of aromatic amines is 1. The van der Waals surface area contributed by atoms with Gasteiger partial charge in [0.15, 0.2) is 0 Å². The van der Waals surface area contributed by atoms with E-state index in [1.165, 1.54) is 16.7 Å². The van der Waals surface area contributed by atoms with Crippen LogP contribution in [0.25, 0.3) is 22.3 Å². The molecule has 0 bridgehead atoms. The van der Waals surface area contributed by atoms with Crippen molar-refractivity contribution in [2.45, 2.75) is 20.3 Å². The van der Waals surface area contributed by atoms with Gasteiger partial charge in [0.25, 0.3) is 0 Å². The van der Waals surface area contributed by atoms with Crippen molar-refractivity contribution in [2.75, 3.05) is 25.6 Å². The summed E-state index contributed by atoms with van der Waals surface area (Å²) < 4.78 is 5.90. The molecule has 1 N–H and O–H groups in total. The molecule has 0 saturated carbocycles. The lowest BCUT2D eigenvalue weighted by Crippen LogP contribution is -2.11. The third-order valence-corrected chi connectivity index (χ3v) is 4.14. The van der Waals surface area contributed by atoms with Gasteiger partial charge < -0.3 is 9.64 Å². The van der Waals surface area contributed by atoms with Gasteiger partial charge in [-0.1, -0.05) is 32.0 Å². The molecule has 0 saturated heterocycles. The van der Waals surface area contributed by atoms with Crippen molar-refractivity contribution in [1.29, 1.82) is 0 Å². The zero-order valence-corrected chi connectivity index (χ0v) is 15.2. The molecular weight excluding hydrogens is 312 g/mol. The smallest absolute Gasteiger partial charge is 0.223 e. The van der Waals surface area contributed by atoms with Crippen LogP contribution in [0.5, 0.6) is 5.88 Å². The first-order chi connectivity index (χ1) is 12.2. The van der Waals surface area contributed by atoms with Crippen LogP contribution in [0.2, 0.25) is 0 Å². The number of nitrogens with one attached hydrogen (secondary N) is 1. The van der Waals surface area contributed by atoms with Gasteiger partial charge in [0, 0.05) is 37.8 Å². The molecule has 2 aromatic heterocycles. The zero-order chi connectivity index (χ0) is 17.8. The summed E-state index contributed by atoms with van der Waals surface area (Å²) >= 11 is 0. The Kier molecular flexibility index (Phi) is 5.03. The Morgan fingerprint density at radius 1 is 1.04 bits per heavy atom. The monoisotopic (exact) mass is 336 g/mol. The number of aromatic nitrogens is 3. The van der Waals surface area contributed by atoms with Gasteiger partial charge >= 0.3 is 0 Å². The van der Waals surface area contributed by atoms with Crippen molar-refractivity contribution in [1.82, 2.24) is 15.2 Å². The summed E-state index contributed by atoms with van der Waals surface area (Å²) in [5.41, 5.74) is 5.80. The Balaban J connectivity index is 0.000000880. The van der Waals surface area contributed by atoms with Gasteiger partial charge in [0.2, 0.25) is 5.88 Å². The zero-order valence-electron chi connectivity index (χ0n) is 15.2. The summed E-state index contributed by atoms with van der Waals surface area (Å²) in [7, 11) is 3.97. The fraction of sp³-hybridized carbons (Fsp3) is 0.300. The predicted octanol–water partition coefficient (Wildman–Crippen LogP) is 4.17. The molecule has 0 fully saturated rings. The number of H-pyrrole nitrogens is 1. The second-order valence-corrected chi connectivity index (χ2v) is 5.87. The quantitative estimate of drug-likeness (QED) is 0.763. The Labute approximate surface area is 148 Å². The molecule has 3 aromatic rings. The molecule has 1 aliphatic rings. The Morgan fingerprint density at radius 2 is 1.84 bits per heavy atom. The Bertz CT molecular complexity index is 841. The molecule has 0 aliphatic carbocycles. The number of nitrogens with zero attached hydrogens (tertiary/aromatic N) is 3. The molecule has 0 atom stereocenters. The predicted molar refractivity (Wildman–Crippen MR) is 102 cm³/mol. The lowest BCUT2D eigenvalue weighted by atomic mass is 9.95. The summed E-state index contributed by atoms with van der Waals surface area (Å²) in [6, 6.07) is 10.6. The van der Waals surface area contributed by atoms with Crippen LogP contribution in [0.4, 0.5) is 5.82 Å². The van der Waals surface area contributed by atoms with Crippen LogP contribution < -0.4 is 9.64 Å². The van der Waals surface area contributed by atoms with Crippen molar-refractivity contribution in [2.24, 2.45) is 0 Å². The highest BCUT2D eigenvalue weighted by atomic mass is 16.5. The van der Waals surface area contributed by atoms with Crippen molar-refractivity contribution >= 4 is 5.82 Å². The number of anilines is 1. The van der Waals surface area contributed by atoms with Crippen LogP contribution >= 0.6 is 0 Å². The van der Waals surface area contributed by atoms with Crippen molar-refractivity contribution in [3.05, 3.63) is 48.3 Å². The van der Waals surface area contributed by atoms with Gasteiger partial charge in [-0.05, 0) is 28.8 Å². The third kappa shape index (κ3) is 3.36. The van der Waals surface area contributed by atoms with E-state index in [0.717, 1.165) is 23.4 Å². The molecule has 5 heteroatoms. The molecule has 4 rings (SSSR count). The molecule has 130 valence electrons. The van der Waals surface area contributed by atoms with E-state index >= 15 is 0 Å². The van der Waals surface area contributed by atoms with E-state index in [0.29, 0.717) is 12.5 Å². The average Bonchev–Trinajstić information content (AvgIpc) is 3.12. The van der Waals surface area contributed by atoms with Crippen LogP contribution in [0.3, 0.4) is 0 Å². The number of pyridine rings is 1. The number of hydrogen-bond donors (Lipinski definition) is 1. The lowest BCUT2D eigenvalue weighted by Gasteiger charge is -2.14. The molecule has 0 amide bonds. The first-order valence-electron chi connectivity index (χ1n) is 8.66. The Morgan fingerprint density at radius 3 is 2.56 bits per heavy atom. The average molecular weight is 336 g/mol. The van der Waals surface area contributed by atoms with Crippen molar-refractivity contribution in [3.8, 4) is 28.1 Å². The summed E-state index contributed by atoms with van der Waals surface area (Å²) in [6.45, 7) is 4.64. The van der Waals surface area contributed by atoms with E-state index in [-0.39, 0.29) is 0 Å². The molecule has 1 aromatic carbocycles. The van der Waals surface area contributed by atoms with Gasteiger partial charge in [0.05, 0.1) is 12.8 Å². The molecule has 0 radical (unpaired) electrons. The Hall–Kier alpha value is -2.82. The van der Waals surface area contributed by atoms with Crippen LogP contribution in [0.1, 0.15) is 19.4 Å². The first kappa shape index (κ1) is 17.0. The van der Waals surface area contributed by atoms with E-state index in [4.69, 9.17) is 4.74 Å². The first-order valence-corrected chi connectivity index (χ1v) is 8.66. The fourth-order valence-corrected chi connectivity index (χ4v) is 2.90. The molecular formula is C20H24N4O. The second kappa shape index (κ2) is 7.38. The van der Waals surface area contributed by atoms with E-state index in [2.05, 4.69) is 39.4 Å². The van der Waals surface area contributed by atoms with Gasteiger partial charge in [-0.3, -0.25) is 5.10 Å². The third-order valence-electron chi connectivity index (χ3n) is 4.14. The van der Waals surface area contributed by atoms with Gasteiger partial charge in [0.1, 0.15) is 5.82 Å². The minimum Gasteiger partial charge on any atom is -0.477 e. The van der Waals surface area contributed by atoms with E-state index < -0.39 is 0 Å².